The van der Waals surface area contributed by atoms with Crippen molar-refractivity contribution < 1.29 is 14.6 Å². The predicted molar refractivity (Wildman–Crippen MR) is 79.0 cm³/mol. The van der Waals surface area contributed by atoms with Gasteiger partial charge in [0.1, 0.15) is 4.88 Å². The molecule has 19 heavy (non-hydrogen) atoms. The summed E-state index contributed by atoms with van der Waals surface area (Å²) < 4.78 is 6.10. The number of halogens is 1. The van der Waals surface area contributed by atoms with Gasteiger partial charge in [-0.05, 0) is 35.7 Å². The number of amides is 1. The Morgan fingerprint density at radius 3 is 2.89 bits per heavy atom. The van der Waals surface area contributed by atoms with Crippen molar-refractivity contribution in [3.63, 3.8) is 0 Å². The average Bonchev–Trinajstić information content (AvgIpc) is 2.92. The third-order valence-electron chi connectivity index (χ3n) is 3.52. The Morgan fingerprint density at radius 2 is 2.32 bits per heavy atom. The summed E-state index contributed by atoms with van der Waals surface area (Å²) in [4.78, 5) is 13.8. The summed E-state index contributed by atoms with van der Waals surface area (Å²) >= 11 is 4.83. The van der Waals surface area contributed by atoms with Crippen LogP contribution in [-0.2, 0) is 0 Å². The van der Waals surface area contributed by atoms with Crippen LogP contribution in [0, 0.1) is 12.8 Å². The van der Waals surface area contributed by atoms with Crippen molar-refractivity contribution in [3.05, 3.63) is 14.2 Å². The second-order valence-electron chi connectivity index (χ2n) is 4.80. The quantitative estimate of drug-likeness (QED) is 0.880. The molecule has 1 amide bonds. The first kappa shape index (κ1) is 14.8. The number of hydrogen-bond donors (Lipinski definition) is 2. The Balaban J connectivity index is 2.02. The standard InChI is InChI=1S/C13H18BrNO3S/c1-7-10(14)11(18-2)12(19-7)13(17)15-6-8-4-3-5-9(8)16/h8-9,16H,3-6H2,1-2H3,(H,15,17). The SMILES string of the molecule is COc1c(C(=O)NCC2CCCC2O)sc(C)c1Br. The molecule has 0 spiro atoms. The number of ether oxygens (including phenoxy) is 1. The Bertz CT molecular complexity index is 475. The molecule has 1 aliphatic carbocycles. The number of aliphatic hydroxyl groups is 1. The van der Waals surface area contributed by atoms with Crippen LogP contribution in [-0.4, -0.2) is 30.8 Å². The van der Waals surface area contributed by atoms with Crippen LogP contribution < -0.4 is 10.1 Å². The number of nitrogens with one attached hydrogen (secondary N) is 1. The van der Waals surface area contributed by atoms with E-state index < -0.39 is 0 Å². The lowest BCUT2D eigenvalue weighted by Crippen LogP contribution is -2.32. The van der Waals surface area contributed by atoms with Crippen molar-refractivity contribution in [1.82, 2.24) is 5.32 Å². The van der Waals surface area contributed by atoms with Gasteiger partial charge in [-0.15, -0.1) is 11.3 Å². The minimum atomic E-state index is -0.279. The molecule has 2 rings (SSSR count). The number of methoxy groups -OCH3 is 1. The molecule has 1 aliphatic rings. The van der Waals surface area contributed by atoms with Crippen molar-refractivity contribution in [3.8, 4) is 5.75 Å². The number of thiophene rings is 1. The first-order valence-electron chi connectivity index (χ1n) is 6.33. The second kappa shape index (κ2) is 6.24. The van der Waals surface area contributed by atoms with Gasteiger partial charge in [0.15, 0.2) is 5.75 Å². The summed E-state index contributed by atoms with van der Waals surface area (Å²) in [5, 5.41) is 12.6. The van der Waals surface area contributed by atoms with Crippen molar-refractivity contribution in [2.75, 3.05) is 13.7 Å². The van der Waals surface area contributed by atoms with Crippen molar-refractivity contribution in [2.45, 2.75) is 32.3 Å². The van der Waals surface area contributed by atoms with Crippen LogP contribution in [0.2, 0.25) is 0 Å². The molecule has 1 heterocycles. The molecule has 4 nitrogen and oxygen atoms in total. The Kier molecular flexibility index (Phi) is 4.86. The van der Waals surface area contributed by atoms with Crippen LogP contribution >= 0.6 is 27.3 Å². The Hall–Kier alpha value is -0.590. The Morgan fingerprint density at radius 1 is 1.58 bits per heavy atom. The van der Waals surface area contributed by atoms with E-state index in [4.69, 9.17) is 4.74 Å². The zero-order valence-electron chi connectivity index (χ0n) is 11.0. The number of aryl methyl sites for hydroxylation is 1. The van der Waals surface area contributed by atoms with Crippen molar-refractivity contribution >= 4 is 33.2 Å². The van der Waals surface area contributed by atoms with Gasteiger partial charge in [-0.3, -0.25) is 4.79 Å². The molecule has 1 saturated carbocycles. The number of rotatable bonds is 4. The minimum Gasteiger partial charge on any atom is -0.494 e. The molecule has 0 bridgehead atoms. The van der Waals surface area contributed by atoms with Crippen LogP contribution in [0.3, 0.4) is 0 Å². The summed E-state index contributed by atoms with van der Waals surface area (Å²) in [6.45, 7) is 2.46. The van der Waals surface area contributed by atoms with E-state index in [-0.39, 0.29) is 17.9 Å². The van der Waals surface area contributed by atoms with Gasteiger partial charge in [-0.1, -0.05) is 6.42 Å². The summed E-state index contributed by atoms with van der Waals surface area (Å²) in [6, 6.07) is 0. The van der Waals surface area contributed by atoms with E-state index in [1.54, 1.807) is 7.11 Å². The maximum absolute atomic E-state index is 12.2. The lowest BCUT2D eigenvalue weighted by atomic mass is 10.1. The minimum absolute atomic E-state index is 0.130. The third kappa shape index (κ3) is 3.12. The van der Waals surface area contributed by atoms with Gasteiger partial charge in [0.05, 0.1) is 17.7 Å². The highest BCUT2D eigenvalue weighted by Crippen LogP contribution is 2.39. The van der Waals surface area contributed by atoms with Crippen LogP contribution in [0.4, 0.5) is 0 Å². The third-order valence-corrected chi connectivity index (χ3v) is 5.83. The van der Waals surface area contributed by atoms with Crippen molar-refractivity contribution in [1.29, 1.82) is 0 Å². The fourth-order valence-corrected chi connectivity index (χ4v) is 4.06. The molecular weight excluding hydrogens is 330 g/mol. The molecule has 1 fully saturated rings. The van der Waals surface area contributed by atoms with E-state index in [2.05, 4.69) is 21.2 Å². The van der Waals surface area contributed by atoms with E-state index >= 15 is 0 Å². The van der Waals surface area contributed by atoms with Gasteiger partial charge in [0.2, 0.25) is 0 Å². The summed E-state index contributed by atoms with van der Waals surface area (Å²) in [5.74, 6) is 0.640. The molecule has 2 atom stereocenters. The molecule has 1 aromatic heterocycles. The molecule has 106 valence electrons. The molecule has 6 heteroatoms. The topological polar surface area (TPSA) is 58.6 Å². The zero-order valence-corrected chi connectivity index (χ0v) is 13.4. The predicted octanol–water partition coefficient (Wildman–Crippen LogP) is 2.72. The van der Waals surface area contributed by atoms with Gasteiger partial charge in [0.25, 0.3) is 5.91 Å². The van der Waals surface area contributed by atoms with Gasteiger partial charge >= 0.3 is 0 Å². The maximum atomic E-state index is 12.2. The molecule has 0 aliphatic heterocycles. The highest BCUT2D eigenvalue weighted by Gasteiger charge is 2.27. The van der Waals surface area contributed by atoms with E-state index in [0.717, 1.165) is 28.6 Å². The highest BCUT2D eigenvalue weighted by atomic mass is 79.9. The van der Waals surface area contributed by atoms with E-state index in [0.29, 0.717) is 17.2 Å². The van der Waals surface area contributed by atoms with E-state index in [1.165, 1.54) is 11.3 Å². The molecular formula is C13H18BrNO3S. The maximum Gasteiger partial charge on any atom is 0.265 e. The number of aliphatic hydroxyl groups excluding tert-OH is 1. The van der Waals surface area contributed by atoms with Gasteiger partial charge in [-0.2, -0.15) is 0 Å². The number of carbonyl (C=O) groups is 1. The first-order chi connectivity index (χ1) is 9.04. The summed E-state index contributed by atoms with van der Waals surface area (Å²) in [6.07, 6.45) is 2.58. The normalized spacial score (nSPS) is 22.5. The molecule has 0 radical (unpaired) electrons. The fourth-order valence-electron chi connectivity index (χ4n) is 2.40. The average molecular weight is 348 g/mol. The van der Waals surface area contributed by atoms with E-state index in [9.17, 15) is 9.90 Å². The van der Waals surface area contributed by atoms with Gasteiger partial charge in [0, 0.05) is 17.3 Å². The smallest absolute Gasteiger partial charge is 0.265 e. The van der Waals surface area contributed by atoms with Crippen LogP contribution in [0.1, 0.15) is 33.8 Å². The summed E-state index contributed by atoms with van der Waals surface area (Å²) in [5.41, 5.74) is 0. The van der Waals surface area contributed by atoms with Crippen molar-refractivity contribution in [2.24, 2.45) is 5.92 Å². The van der Waals surface area contributed by atoms with Gasteiger partial charge < -0.3 is 15.2 Å². The van der Waals surface area contributed by atoms with Gasteiger partial charge in [-0.25, -0.2) is 0 Å². The van der Waals surface area contributed by atoms with Crippen LogP contribution in [0.5, 0.6) is 5.75 Å². The fraction of sp³-hybridized carbons (Fsp3) is 0.615. The summed E-state index contributed by atoms with van der Waals surface area (Å²) in [7, 11) is 1.56. The highest BCUT2D eigenvalue weighted by molar-refractivity contribution is 9.10. The lowest BCUT2D eigenvalue weighted by molar-refractivity contribution is 0.0918. The number of hydrogen-bond acceptors (Lipinski definition) is 4. The molecule has 1 aromatic rings. The Labute approximate surface area is 125 Å². The second-order valence-corrected chi connectivity index (χ2v) is 6.82. The molecule has 2 N–H and O–H groups in total. The zero-order chi connectivity index (χ0) is 14.0. The largest absolute Gasteiger partial charge is 0.494 e. The first-order valence-corrected chi connectivity index (χ1v) is 7.94. The molecule has 2 unspecified atom stereocenters. The number of carbonyl (C=O) groups excluding carboxylic acids is 1. The van der Waals surface area contributed by atoms with E-state index in [1.807, 2.05) is 6.92 Å². The molecule has 0 aromatic carbocycles. The molecule has 0 saturated heterocycles. The lowest BCUT2D eigenvalue weighted by Gasteiger charge is -2.14. The van der Waals surface area contributed by atoms with Crippen LogP contribution in [0.25, 0.3) is 0 Å². The van der Waals surface area contributed by atoms with Crippen LogP contribution in [0.15, 0.2) is 4.47 Å². The monoisotopic (exact) mass is 347 g/mol.